The number of ketones is 2. The Morgan fingerprint density at radius 1 is 0.905 bits per heavy atom. The minimum atomic E-state index is -0.102. The maximum absolute atomic E-state index is 10.9. The summed E-state index contributed by atoms with van der Waals surface area (Å²) in [5.41, 5.74) is 1.72. The monoisotopic (exact) mass is 281 g/mol. The van der Waals surface area contributed by atoms with Crippen LogP contribution in [0.5, 0.6) is 0 Å². The second-order valence-corrected chi connectivity index (χ2v) is 4.44. The van der Waals surface area contributed by atoms with E-state index in [1.807, 2.05) is 60.7 Å². The standard InChI is InChI=1S/C10H9O2.C8H8O/c11-7-6-10(12)8-9-4-2-1-3-5-9;1-7(9)8-5-3-2-4-6-8/h1-5H,6,8H2;2-6H,1H3. The molecule has 2 aromatic carbocycles. The summed E-state index contributed by atoms with van der Waals surface area (Å²) in [6.07, 6.45) is 1.82. The molecule has 0 atom stereocenters. The van der Waals surface area contributed by atoms with Gasteiger partial charge in [-0.15, -0.1) is 0 Å². The molecule has 0 bridgehead atoms. The van der Waals surface area contributed by atoms with Gasteiger partial charge in [-0.3, -0.25) is 14.4 Å². The normalized spacial score (nSPS) is 9.19. The molecule has 1 radical (unpaired) electrons. The molecule has 2 rings (SSSR count). The topological polar surface area (TPSA) is 51.2 Å². The summed E-state index contributed by atoms with van der Waals surface area (Å²) in [4.78, 5) is 31.5. The molecule has 0 aliphatic heterocycles. The third kappa shape index (κ3) is 6.97. The number of carbonyl (C=O) groups excluding carboxylic acids is 3. The lowest BCUT2D eigenvalue weighted by atomic mass is 10.1. The molecule has 0 spiro atoms. The highest BCUT2D eigenvalue weighted by atomic mass is 16.1. The van der Waals surface area contributed by atoms with Gasteiger partial charge in [0.2, 0.25) is 6.29 Å². The molecule has 2 aromatic rings. The van der Waals surface area contributed by atoms with Crippen LogP contribution in [-0.2, 0) is 16.0 Å². The van der Waals surface area contributed by atoms with Crippen molar-refractivity contribution in [1.29, 1.82) is 0 Å². The SMILES string of the molecule is CC(=O)c1ccccc1.O=[C]CC(=O)Cc1ccccc1. The Bertz CT molecular complexity index is 574. The fraction of sp³-hybridized carbons (Fsp3) is 0.167. The van der Waals surface area contributed by atoms with Crippen molar-refractivity contribution >= 4 is 17.9 Å². The molecule has 0 N–H and O–H groups in total. The summed E-state index contributed by atoms with van der Waals surface area (Å²) in [5, 5.41) is 0. The van der Waals surface area contributed by atoms with Gasteiger partial charge in [0, 0.05) is 12.0 Å². The number of Topliss-reactive ketones (excluding diaryl/α,β-unsaturated/α-hetero) is 2. The molecule has 3 heteroatoms. The lowest BCUT2D eigenvalue weighted by molar-refractivity contribution is -0.117. The molecule has 0 saturated heterocycles. The van der Waals surface area contributed by atoms with Gasteiger partial charge in [-0.1, -0.05) is 60.7 Å². The summed E-state index contributed by atoms with van der Waals surface area (Å²) in [5.74, 6) is 0.0341. The maximum atomic E-state index is 10.9. The molecule has 0 unspecified atom stereocenters. The van der Waals surface area contributed by atoms with E-state index in [4.69, 9.17) is 0 Å². The van der Waals surface area contributed by atoms with E-state index in [0.29, 0.717) is 6.42 Å². The summed E-state index contributed by atoms with van der Waals surface area (Å²) in [6, 6.07) is 18.6. The number of hydrogen-bond donors (Lipinski definition) is 0. The van der Waals surface area contributed by atoms with Crippen LogP contribution in [0.15, 0.2) is 60.7 Å². The molecule has 0 aliphatic carbocycles. The molecule has 0 heterocycles. The van der Waals surface area contributed by atoms with Crippen molar-refractivity contribution in [2.24, 2.45) is 0 Å². The average molecular weight is 281 g/mol. The predicted molar refractivity (Wildman–Crippen MR) is 81.9 cm³/mol. The molecular formula is C18H17O3. The van der Waals surface area contributed by atoms with Crippen LogP contribution in [0.3, 0.4) is 0 Å². The van der Waals surface area contributed by atoms with Gasteiger partial charge >= 0.3 is 0 Å². The molecule has 107 valence electrons. The molecule has 0 aromatic heterocycles. The van der Waals surface area contributed by atoms with Crippen LogP contribution < -0.4 is 0 Å². The Hall–Kier alpha value is -2.55. The first kappa shape index (κ1) is 16.5. The Balaban J connectivity index is 0.000000219. The van der Waals surface area contributed by atoms with Crippen LogP contribution in [0.1, 0.15) is 29.3 Å². The van der Waals surface area contributed by atoms with E-state index in [1.54, 1.807) is 13.2 Å². The van der Waals surface area contributed by atoms with Crippen molar-refractivity contribution in [3.8, 4) is 0 Å². The van der Waals surface area contributed by atoms with Gasteiger partial charge < -0.3 is 0 Å². The highest BCUT2D eigenvalue weighted by Crippen LogP contribution is 2.00. The number of rotatable bonds is 5. The van der Waals surface area contributed by atoms with Crippen molar-refractivity contribution < 1.29 is 14.4 Å². The zero-order chi connectivity index (χ0) is 15.5. The molecule has 0 amide bonds. The van der Waals surface area contributed by atoms with Crippen molar-refractivity contribution in [2.45, 2.75) is 19.8 Å². The smallest absolute Gasteiger partial charge is 0.206 e. The largest absolute Gasteiger partial charge is 0.299 e. The molecular weight excluding hydrogens is 264 g/mol. The molecule has 0 aliphatic rings. The average Bonchev–Trinajstić information content (AvgIpc) is 2.50. The van der Waals surface area contributed by atoms with E-state index in [0.717, 1.165) is 11.1 Å². The molecule has 0 fully saturated rings. The van der Waals surface area contributed by atoms with Gasteiger partial charge in [0.1, 0.15) is 5.78 Å². The number of benzene rings is 2. The zero-order valence-corrected chi connectivity index (χ0v) is 11.9. The summed E-state index contributed by atoms with van der Waals surface area (Å²) in [6.45, 7) is 1.56. The third-order valence-corrected chi connectivity index (χ3v) is 2.69. The van der Waals surface area contributed by atoms with Crippen molar-refractivity contribution in [3.63, 3.8) is 0 Å². The fourth-order valence-corrected chi connectivity index (χ4v) is 1.64. The third-order valence-electron chi connectivity index (χ3n) is 2.69. The molecule has 21 heavy (non-hydrogen) atoms. The van der Waals surface area contributed by atoms with Gasteiger partial charge in [0.25, 0.3) is 0 Å². The zero-order valence-electron chi connectivity index (χ0n) is 11.9. The quantitative estimate of drug-likeness (QED) is 0.624. The van der Waals surface area contributed by atoms with Gasteiger partial charge in [0.15, 0.2) is 5.78 Å². The molecule has 3 nitrogen and oxygen atoms in total. The van der Waals surface area contributed by atoms with Crippen LogP contribution in [-0.4, -0.2) is 17.9 Å². The van der Waals surface area contributed by atoms with E-state index < -0.39 is 0 Å². The van der Waals surface area contributed by atoms with E-state index in [2.05, 4.69) is 0 Å². The van der Waals surface area contributed by atoms with Crippen molar-refractivity contribution in [2.75, 3.05) is 0 Å². The summed E-state index contributed by atoms with van der Waals surface area (Å²) in [7, 11) is 0. The van der Waals surface area contributed by atoms with E-state index in [1.165, 1.54) is 0 Å². The van der Waals surface area contributed by atoms with Crippen molar-refractivity contribution in [3.05, 3.63) is 71.8 Å². The van der Waals surface area contributed by atoms with E-state index in [9.17, 15) is 14.4 Å². The lowest BCUT2D eigenvalue weighted by Gasteiger charge is -1.95. The van der Waals surface area contributed by atoms with Crippen LogP contribution in [0.25, 0.3) is 0 Å². The van der Waals surface area contributed by atoms with Crippen LogP contribution in [0.4, 0.5) is 0 Å². The van der Waals surface area contributed by atoms with E-state index in [-0.39, 0.29) is 18.0 Å². The summed E-state index contributed by atoms with van der Waals surface area (Å²) >= 11 is 0. The van der Waals surface area contributed by atoms with Gasteiger partial charge in [-0.05, 0) is 12.5 Å². The summed E-state index contributed by atoms with van der Waals surface area (Å²) < 4.78 is 0. The van der Waals surface area contributed by atoms with Gasteiger partial charge in [0.05, 0.1) is 6.42 Å². The predicted octanol–water partition coefficient (Wildman–Crippen LogP) is 3.19. The lowest BCUT2D eigenvalue weighted by Crippen LogP contribution is -2.02. The Morgan fingerprint density at radius 2 is 1.43 bits per heavy atom. The number of carbonyl (C=O) groups is 2. The van der Waals surface area contributed by atoms with Crippen LogP contribution >= 0.6 is 0 Å². The highest BCUT2D eigenvalue weighted by molar-refractivity contribution is 5.93. The van der Waals surface area contributed by atoms with Crippen molar-refractivity contribution in [1.82, 2.24) is 0 Å². The minimum Gasteiger partial charge on any atom is -0.299 e. The van der Waals surface area contributed by atoms with Gasteiger partial charge in [-0.2, -0.15) is 0 Å². The first-order chi connectivity index (χ1) is 10.1. The second kappa shape index (κ2) is 9.37. The number of hydrogen-bond acceptors (Lipinski definition) is 3. The Labute approximate surface area is 124 Å². The Kier molecular flexibility index (Phi) is 7.36. The van der Waals surface area contributed by atoms with E-state index >= 15 is 0 Å². The second-order valence-electron chi connectivity index (χ2n) is 4.44. The minimum absolute atomic E-state index is 0.0869. The first-order valence-electron chi connectivity index (χ1n) is 6.60. The Morgan fingerprint density at radius 3 is 1.86 bits per heavy atom. The maximum Gasteiger partial charge on any atom is 0.206 e. The molecule has 0 saturated carbocycles. The van der Waals surface area contributed by atoms with Crippen LogP contribution in [0, 0.1) is 0 Å². The fourth-order valence-electron chi connectivity index (χ4n) is 1.64. The first-order valence-corrected chi connectivity index (χ1v) is 6.60. The highest BCUT2D eigenvalue weighted by Gasteiger charge is 2.01. The van der Waals surface area contributed by atoms with Crippen LogP contribution in [0.2, 0.25) is 0 Å². The van der Waals surface area contributed by atoms with Gasteiger partial charge in [-0.25, -0.2) is 0 Å².